The van der Waals surface area contributed by atoms with Gasteiger partial charge < -0.3 is 10.0 Å². The summed E-state index contributed by atoms with van der Waals surface area (Å²) in [7, 11) is 0. The van der Waals surface area contributed by atoms with E-state index in [2.05, 4.69) is 0 Å². The van der Waals surface area contributed by atoms with Crippen LogP contribution in [0.1, 0.15) is 54.9 Å². The van der Waals surface area contributed by atoms with E-state index in [1.807, 2.05) is 32.0 Å². The van der Waals surface area contributed by atoms with Gasteiger partial charge in [0.1, 0.15) is 0 Å². The Morgan fingerprint density at radius 2 is 2.00 bits per heavy atom. The van der Waals surface area contributed by atoms with Crippen molar-refractivity contribution in [3.05, 3.63) is 29.3 Å². The summed E-state index contributed by atoms with van der Waals surface area (Å²) in [5.74, 6) is -0.931. The van der Waals surface area contributed by atoms with Crippen LogP contribution in [0.3, 0.4) is 0 Å². The second-order valence-corrected chi connectivity index (χ2v) is 7.39. The molecule has 0 radical (unpaired) electrons. The molecular formula is C18H25NO3S. The topological polar surface area (TPSA) is 57.6 Å². The summed E-state index contributed by atoms with van der Waals surface area (Å²) in [6, 6.07) is 6.02. The first-order chi connectivity index (χ1) is 11.0. The van der Waals surface area contributed by atoms with E-state index < -0.39 is 5.97 Å². The first-order valence-electron chi connectivity index (χ1n) is 8.29. The molecule has 1 fully saturated rings. The molecule has 1 aromatic rings. The van der Waals surface area contributed by atoms with Crippen LogP contribution in [0, 0.1) is 6.92 Å². The van der Waals surface area contributed by atoms with Gasteiger partial charge in [0, 0.05) is 23.2 Å². The lowest BCUT2D eigenvalue weighted by atomic mass is 10.1. The van der Waals surface area contributed by atoms with E-state index >= 15 is 0 Å². The lowest BCUT2D eigenvalue weighted by Gasteiger charge is -2.22. The molecule has 1 N–H and O–H groups in total. The summed E-state index contributed by atoms with van der Waals surface area (Å²) in [4.78, 5) is 26.3. The summed E-state index contributed by atoms with van der Waals surface area (Å²) >= 11 is 1.80. The molecule has 1 aliphatic carbocycles. The van der Waals surface area contributed by atoms with Gasteiger partial charge in [0.15, 0.2) is 0 Å². The molecule has 0 saturated heterocycles. The van der Waals surface area contributed by atoms with Gasteiger partial charge in [0.2, 0.25) is 0 Å². The Labute approximate surface area is 142 Å². The molecule has 0 unspecified atom stereocenters. The van der Waals surface area contributed by atoms with Crippen LogP contribution in [-0.4, -0.2) is 40.2 Å². The van der Waals surface area contributed by atoms with E-state index in [1.165, 1.54) is 25.7 Å². The van der Waals surface area contributed by atoms with Gasteiger partial charge in [0.05, 0.1) is 12.0 Å². The van der Waals surface area contributed by atoms with Crippen LogP contribution in [0.5, 0.6) is 0 Å². The maximum absolute atomic E-state index is 12.9. The van der Waals surface area contributed by atoms with Crippen molar-refractivity contribution in [2.24, 2.45) is 0 Å². The van der Waals surface area contributed by atoms with Crippen molar-refractivity contribution in [2.45, 2.75) is 56.1 Å². The zero-order chi connectivity index (χ0) is 16.8. The van der Waals surface area contributed by atoms with Crippen molar-refractivity contribution in [3.8, 4) is 0 Å². The summed E-state index contributed by atoms with van der Waals surface area (Å²) in [6.07, 6.45) is 4.95. The van der Waals surface area contributed by atoms with Crippen LogP contribution >= 0.6 is 11.8 Å². The summed E-state index contributed by atoms with van der Waals surface area (Å²) < 4.78 is 0. The molecule has 2 rings (SSSR count). The minimum atomic E-state index is -0.874. The normalized spacial score (nSPS) is 14.9. The number of aryl methyl sites for hydroxylation is 1. The van der Waals surface area contributed by atoms with Crippen LogP contribution in [0.15, 0.2) is 23.1 Å². The van der Waals surface area contributed by atoms with Crippen LogP contribution in [-0.2, 0) is 4.79 Å². The molecule has 5 heteroatoms. The van der Waals surface area contributed by atoms with E-state index in [-0.39, 0.29) is 18.9 Å². The standard InChI is InChI=1S/C18H25NO3S/c1-3-19(11-10-17(20)21)18(22)15-12-13(2)8-9-16(15)23-14-6-4-5-7-14/h8-9,12,14H,3-7,10-11H2,1-2H3,(H,20,21). The molecule has 1 amide bonds. The van der Waals surface area contributed by atoms with Crippen molar-refractivity contribution in [1.82, 2.24) is 4.90 Å². The number of nitrogens with zero attached hydrogens (tertiary/aromatic N) is 1. The number of aliphatic carboxylic acids is 1. The van der Waals surface area contributed by atoms with Gasteiger partial charge in [0.25, 0.3) is 5.91 Å². The van der Waals surface area contributed by atoms with Gasteiger partial charge in [-0.15, -0.1) is 11.8 Å². The fourth-order valence-corrected chi connectivity index (χ4v) is 4.25. The number of carboxylic acid groups (broad SMARTS) is 1. The number of benzene rings is 1. The highest BCUT2D eigenvalue weighted by Gasteiger charge is 2.22. The molecular weight excluding hydrogens is 310 g/mol. The maximum Gasteiger partial charge on any atom is 0.305 e. The highest BCUT2D eigenvalue weighted by Crippen LogP contribution is 2.36. The lowest BCUT2D eigenvalue weighted by Crippen LogP contribution is -2.33. The highest BCUT2D eigenvalue weighted by molar-refractivity contribution is 8.00. The maximum atomic E-state index is 12.9. The molecule has 0 aliphatic heterocycles. The third-order valence-electron chi connectivity index (χ3n) is 4.23. The Hall–Kier alpha value is -1.49. The van der Waals surface area contributed by atoms with Gasteiger partial charge in [-0.05, 0) is 38.8 Å². The SMILES string of the molecule is CCN(CCC(=O)O)C(=O)c1cc(C)ccc1SC1CCCC1. The Kier molecular flexibility index (Phi) is 6.51. The molecule has 1 aliphatic rings. The summed E-state index contributed by atoms with van der Waals surface area (Å²) in [5.41, 5.74) is 1.77. The lowest BCUT2D eigenvalue weighted by molar-refractivity contribution is -0.137. The Bertz CT molecular complexity index is 567. The monoisotopic (exact) mass is 335 g/mol. The van der Waals surface area contributed by atoms with Gasteiger partial charge in [-0.2, -0.15) is 0 Å². The van der Waals surface area contributed by atoms with E-state index in [0.717, 1.165) is 10.5 Å². The summed E-state index contributed by atoms with van der Waals surface area (Å²) in [5, 5.41) is 9.45. The number of carbonyl (C=O) groups excluding carboxylic acids is 1. The third kappa shape index (κ3) is 4.99. The molecule has 1 saturated carbocycles. The number of amides is 1. The number of carbonyl (C=O) groups is 2. The van der Waals surface area contributed by atoms with Gasteiger partial charge in [-0.1, -0.05) is 24.5 Å². The predicted molar refractivity (Wildman–Crippen MR) is 93.1 cm³/mol. The molecule has 126 valence electrons. The average Bonchev–Trinajstić information content (AvgIpc) is 3.02. The van der Waals surface area contributed by atoms with Crippen LogP contribution < -0.4 is 0 Å². The molecule has 23 heavy (non-hydrogen) atoms. The molecule has 4 nitrogen and oxygen atoms in total. The van der Waals surface area contributed by atoms with Crippen molar-refractivity contribution >= 4 is 23.6 Å². The molecule has 0 aromatic heterocycles. The molecule has 0 bridgehead atoms. The number of hydrogen-bond acceptors (Lipinski definition) is 3. The van der Waals surface area contributed by atoms with E-state index in [1.54, 1.807) is 16.7 Å². The van der Waals surface area contributed by atoms with Crippen molar-refractivity contribution in [3.63, 3.8) is 0 Å². The largest absolute Gasteiger partial charge is 0.481 e. The smallest absolute Gasteiger partial charge is 0.305 e. The minimum absolute atomic E-state index is 0.0174. The molecule has 0 spiro atoms. The quantitative estimate of drug-likeness (QED) is 0.819. The van der Waals surface area contributed by atoms with Crippen molar-refractivity contribution < 1.29 is 14.7 Å². The third-order valence-corrected chi connectivity index (χ3v) is 5.64. The number of hydrogen-bond donors (Lipinski definition) is 1. The van der Waals surface area contributed by atoms with E-state index in [0.29, 0.717) is 17.4 Å². The van der Waals surface area contributed by atoms with Gasteiger partial charge in [-0.3, -0.25) is 9.59 Å². The summed E-state index contributed by atoms with van der Waals surface area (Å²) in [6.45, 7) is 4.65. The average molecular weight is 335 g/mol. The second kappa shape index (κ2) is 8.39. The van der Waals surface area contributed by atoms with Crippen molar-refractivity contribution in [1.29, 1.82) is 0 Å². The first-order valence-corrected chi connectivity index (χ1v) is 9.17. The molecule has 0 heterocycles. The Morgan fingerprint density at radius 1 is 1.30 bits per heavy atom. The van der Waals surface area contributed by atoms with Gasteiger partial charge >= 0.3 is 5.97 Å². The fourth-order valence-electron chi connectivity index (χ4n) is 2.90. The molecule has 0 atom stereocenters. The Morgan fingerprint density at radius 3 is 2.61 bits per heavy atom. The Balaban J connectivity index is 2.19. The zero-order valence-electron chi connectivity index (χ0n) is 13.9. The van der Waals surface area contributed by atoms with E-state index in [9.17, 15) is 9.59 Å². The number of thioether (sulfide) groups is 1. The fraction of sp³-hybridized carbons (Fsp3) is 0.556. The highest BCUT2D eigenvalue weighted by atomic mass is 32.2. The van der Waals surface area contributed by atoms with Gasteiger partial charge in [-0.25, -0.2) is 0 Å². The van der Waals surface area contributed by atoms with Crippen LogP contribution in [0.2, 0.25) is 0 Å². The first kappa shape index (κ1) is 17.9. The number of carboxylic acids is 1. The van der Waals surface area contributed by atoms with Crippen LogP contribution in [0.25, 0.3) is 0 Å². The minimum Gasteiger partial charge on any atom is -0.481 e. The van der Waals surface area contributed by atoms with E-state index in [4.69, 9.17) is 5.11 Å². The number of rotatable bonds is 7. The van der Waals surface area contributed by atoms with Crippen LogP contribution in [0.4, 0.5) is 0 Å². The van der Waals surface area contributed by atoms with Crippen molar-refractivity contribution in [2.75, 3.05) is 13.1 Å². The molecule has 1 aromatic carbocycles. The predicted octanol–water partition coefficient (Wildman–Crippen LogP) is 3.97. The zero-order valence-corrected chi connectivity index (χ0v) is 14.7. The second-order valence-electron chi connectivity index (χ2n) is 6.05.